The molecule has 0 saturated heterocycles. The third-order valence-corrected chi connectivity index (χ3v) is 4.20. The van der Waals surface area contributed by atoms with Crippen LogP contribution in [-0.2, 0) is 17.9 Å². The molecule has 3 rings (SSSR count). The number of benzene rings is 2. The Kier molecular flexibility index (Phi) is 6.82. The lowest BCUT2D eigenvalue weighted by atomic mass is 10.3. The van der Waals surface area contributed by atoms with E-state index in [0.717, 1.165) is 42.1 Å². The highest BCUT2D eigenvalue weighted by Gasteiger charge is 2.14. The van der Waals surface area contributed by atoms with E-state index in [1.165, 1.54) is 0 Å². The average molecular weight is 366 g/mol. The Bertz CT molecular complexity index is 861. The molecule has 27 heavy (non-hydrogen) atoms. The molecule has 0 aliphatic heterocycles. The Morgan fingerprint density at radius 2 is 1.81 bits per heavy atom. The van der Waals surface area contributed by atoms with Gasteiger partial charge in [0, 0.05) is 13.1 Å². The van der Waals surface area contributed by atoms with Crippen LogP contribution in [0.2, 0.25) is 0 Å². The van der Waals surface area contributed by atoms with Crippen LogP contribution in [0.3, 0.4) is 0 Å². The van der Waals surface area contributed by atoms with Crippen molar-refractivity contribution in [2.24, 2.45) is 0 Å². The van der Waals surface area contributed by atoms with Crippen molar-refractivity contribution in [3.05, 3.63) is 60.4 Å². The van der Waals surface area contributed by atoms with Crippen molar-refractivity contribution in [3.63, 3.8) is 0 Å². The number of nitrogens with one attached hydrogen (secondary N) is 2. The number of fused-ring (bicyclic) bond motifs is 1. The number of hydrogen-bond donors (Lipinski definition) is 2. The number of para-hydroxylation sites is 3. The Morgan fingerprint density at radius 1 is 1.04 bits per heavy atom. The minimum Gasteiger partial charge on any atom is -0.486 e. The molecule has 0 bridgehead atoms. The predicted molar refractivity (Wildman–Crippen MR) is 107 cm³/mol. The number of rotatable bonds is 10. The van der Waals surface area contributed by atoms with Gasteiger partial charge in [-0.3, -0.25) is 4.79 Å². The fraction of sp³-hybridized carbons (Fsp3) is 0.333. The summed E-state index contributed by atoms with van der Waals surface area (Å²) in [5.74, 6) is 1.49. The first kappa shape index (κ1) is 18.9. The van der Waals surface area contributed by atoms with Gasteiger partial charge in [-0.2, -0.15) is 0 Å². The van der Waals surface area contributed by atoms with Gasteiger partial charge in [0.1, 0.15) is 24.7 Å². The molecule has 0 aliphatic rings. The van der Waals surface area contributed by atoms with E-state index in [-0.39, 0.29) is 12.5 Å². The zero-order valence-electron chi connectivity index (χ0n) is 15.6. The van der Waals surface area contributed by atoms with Gasteiger partial charge in [0.05, 0.1) is 11.0 Å². The van der Waals surface area contributed by atoms with Gasteiger partial charge in [0.25, 0.3) is 0 Å². The van der Waals surface area contributed by atoms with Crippen LogP contribution in [-0.4, -0.2) is 35.1 Å². The van der Waals surface area contributed by atoms with Crippen LogP contribution in [0.4, 0.5) is 0 Å². The highest BCUT2D eigenvalue weighted by atomic mass is 16.5. The molecule has 3 aromatic rings. The minimum atomic E-state index is -0.0302. The predicted octanol–water partition coefficient (Wildman–Crippen LogP) is 2.73. The zero-order valence-corrected chi connectivity index (χ0v) is 15.6. The number of imidazole rings is 1. The first-order valence-electron chi connectivity index (χ1n) is 9.37. The third kappa shape index (κ3) is 5.31. The molecule has 0 atom stereocenters. The van der Waals surface area contributed by atoms with Crippen molar-refractivity contribution >= 4 is 16.9 Å². The van der Waals surface area contributed by atoms with Gasteiger partial charge >= 0.3 is 0 Å². The fourth-order valence-corrected chi connectivity index (χ4v) is 2.87. The van der Waals surface area contributed by atoms with Crippen LogP contribution >= 0.6 is 0 Å². The van der Waals surface area contributed by atoms with Crippen molar-refractivity contribution in [2.75, 3.05) is 19.6 Å². The summed E-state index contributed by atoms with van der Waals surface area (Å²) in [4.78, 5) is 17.0. The molecule has 0 aliphatic carbocycles. The normalized spacial score (nSPS) is 10.9. The summed E-state index contributed by atoms with van der Waals surface area (Å²) in [7, 11) is 0. The Balaban J connectivity index is 1.68. The summed E-state index contributed by atoms with van der Waals surface area (Å²) in [6.45, 7) is 5.00. The zero-order chi connectivity index (χ0) is 18.9. The quantitative estimate of drug-likeness (QED) is 0.542. The number of carbonyl (C=O) groups excluding carboxylic acids is 1. The van der Waals surface area contributed by atoms with Crippen molar-refractivity contribution in [1.82, 2.24) is 20.2 Å². The number of hydrogen-bond acceptors (Lipinski definition) is 4. The van der Waals surface area contributed by atoms with Crippen LogP contribution in [0.5, 0.6) is 5.75 Å². The number of amides is 1. The maximum atomic E-state index is 12.4. The highest BCUT2D eigenvalue weighted by Crippen LogP contribution is 2.18. The standard InChI is InChI=1S/C21H26N4O2/c1-2-12-22-13-14-23-21(26)15-25-19-11-7-6-10-18(19)24-20(25)16-27-17-8-4-3-5-9-17/h3-11,22H,2,12-16H2,1H3,(H,23,26). The molecule has 2 N–H and O–H groups in total. The van der Waals surface area contributed by atoms with Crippen LogP contribution in [0.15, 0.2) is 54.6 Å². The molecule has 0 saturated carbocycles. The number of carbonyl (C=O) groups is 1. The van der Waals surface area contributed by atoms with E-state index in [2.05, 4.69) is 22.5 Å². The number of nitrogens with zero attached hydrogens (tertiary/aromatic N) is 2. The number of ether oxygens (including phenoxy) is 1. The van der Waals surface area contributed by atoms with E-state index in [0.29, 0.717) is 13.2 Å². The lowest BCUT2D eigenvalue weighted by Gasteiger charge is -2.11. The van der Waals surface area contributed by atoms with Gasteiger partial charge in [-0.1, -0.05) is 37.3 Å². The maximum absolute atomic E-state index is 12.4. The molecule has 0 fully saturated rings. The molecule has 142 valence electrons. The van der Waals surface area contributed by atoms with Crippen molar-refractivity contribution < 1.29 is 9.53 Å². The molecule has 0 spiro atoms. The second kappa shape index (κ2) is 9.73. The molecule has 0 radical (unpaired) electrons. The third-order valence-electron chi connectivity index (χ3n) is 4.20. The molecule has 1 aromatic heterocycles. The van der Waals surface area contributed by atoms with E-state index in [9.17, 15) is 4.79 Å². The molecule has 6 heteroatoms. The highest BCUT2D eigenvalue weighted by molar-refractivity contribution is 5.81. The molecule has 1 amide bonds. The van der Waals surface area contributed by atoms with E-state index in [4.69, 9.17) is 4.74 Å². The monoisotopic (exact) mass is 366 g/mol. The molecule has 0 unspecified atom stereocenters. The molecule has 1 heterocycles. The first-order chi connectivity index (χ1) is 13.3. The molecule has 2 aromatic carbocycles. The van der Waals surface area contributed by atoms with Gasteiger partial charge in [0.15, 0.2) is 0 Å². The average Bonchev–Trinajstić information content (AvgIpc) is 3.04. The van der Waals surface area contributed by atoms with E-state index in [1.54, 1.807) is 0 Å². The molecular formula is C21H26N4O2. The lowest BCUT2D eigenvalue weighted by molar-refractivity contribution is -0.121. The first-order valence-corrected chi connectivity index (χ1v) is 9.37. The summed E-state index contributed by atoms with van der Waals surface area (Å²) in [5.41, 5.74) is 1.80. The van der Waals surface area contributed by atoms with Gasteiger partial charge in [-0.05, 0) is 37.2 Å². The molecular weight excluding hydrogens is 340 g/mol. The SMILES string of the molecule is CCCNCCNC(=O)Cn1c(COc2ccccc2)nc2ccccc21. The van der Waals surface area contributed by atoms with Crippen LogP contribution in [0.25, 0.3) is 11.0 Å². The fourth-order valence-electron chi connectivity index (χ4n) is 2.87. The topological polar surface area (TPSA) is 68.2 Å². The van der Waals surface area contributed by atoms with Crippen molar-refractivity contribution in [3.8, 4) is 5.75 Å². The minimum absolute atomic E-state index is 0.0302. The Hall–Kier alpha value is -2.86. The van der Waals surface area contributed by atoms with E-state index >= 15 is 0 Å². The van der Waals surface area contributed by atoms with Gasteiger partial charge in [-0.15, -0.1) is 0 Å². The smallest absolute Gasteiger partial charge is 0.240 e. The van der Waals surface area contributed by atoms with Crippen LogP contribution in [0.1, 0.15) is 19.2 Å². The second-order valence-corrected chi connectivity index (χ2v) is 6.30. The summed E-state index contributed by atoms with van der Waals surface area (Å²) in [6, 6.07) is 17.4. The molecule has 6 nitrogen and oxygen atoms in total. The van der Waals surface area contributed by atoms with Gasteiger partial charge in [-0.25, -0.2) is 4.98 Å². The van der Waals surface area contributed by atoms with Gasteiger partial charge in [0.2, 0.25) is 5.91 Å². The number of aromatic nitrogens is 2. The Morgan fingerprint density at radius 3 is 2.63 bits per heavy atom. The van der Waals surface area contributed by atoms with Gasteiger partial charge < -0.3 is 19.9 Å². The van der Waals surface area contributed by atoms with Crippen LogP contribution < -0.4 is 15.4 Å². The second-order valence-electron chi connectivity index (χ2n) is 6.30. The summed E-state index contributed by atoms with van der Waals surface area (Å²) in [6.07, 6.45) is 1.08. The van der Waals surface area contributed by atoms with Crippen molar-refractivity contribution in [1.29, 1.82) is 0 Å². The lowest BCUT2D eigenvalue weighted by Crippen LogP contribution is -2.34. The maximum Gasteiger partial charge on any atom is 0.240 e. The largest absolute Gasteiger partial charge is 0.486 e. The van der Waals surface area contributed by atoms with Crippen molar-refractivity contribution in [2.45, 2.75) is 26.5 Å². The summed E-state index contributed by atoms with van der Waals surface area (Å²) < 4.78 is 7.77. The van der Waals surface area contributed by atoms with E-state index < -0.39 is 0 Å². The summed E-state index contributed by atoms with van der Waals surface area (Å²) in [5, 5.41) is 6.23. The Labute approximate surface area is 159 Å². The van der Waals surface area contributed by atoms with Crippen LogP contribution in [0, 0.1) is 0 Å². The van der Waals surface area contributed by atoms with E-state index in [1.807, 2.05) is 59.2 Å². The summed E-state index contributed by atoms with van der Waals surface area (Å²) >= 11 is 0.